The summed E-state index contributed by atoms with van der Waals surface area (Å²) >= 11 is 0. The van der Waals surface area contributed by atoms with Crippen LogP contribution in [0.15, 0.2) is 0 Å². The van der Waals surface area contributed by atoms with Gasteiger partial charge in [-0.15, -0.1) is 0 Å². The van der Waals surface area contributed by atoms with Gasteiger partial charge in [-0.3, -0.25) is 4.79 Å². The zero-order chi connectivity index (χ0) is 13.2. The standard InChI is InChI=1S/C12H18N4O/c1-7(2)15-11(17)6-16-9(4)8(3)10(5-13)12(16)14/h7H,6,14H2,1-4H3,(H,15,17). The lowest BCUT2D eigenvalue weighted by Crippen LogP contribution is -2.33. The van der Waals surface area contributed by atoms with Crippen molar-refractivity contribution in [2.24, 2.45) is 0 Å². The van der Waals surface area contributed by atoms with E-state index in [1.165, 1.54) is 0 Å². The highest BCUT2D eigenvalue weighted by Gasteiger charge is 2.17. The monoisotopic (exact) mass is 234 g/mol. The summed E-state index contributed by atoms with van der Waals surface area (Å²) in [6, 6.07) is 2.15. The molecule has 1 amide bonds. The number of nitrogens with zero attached hydrogens (tertiary/aromatic N) is 2. The van der Waals surface area contributed by atoms with Crippen LogP contribution in [-0.4, -0.2) is 16.5 Å². The van der Waals surface area contributed by atoms with Crippen molar-refractivity contribution < 1.29 is 4.79 Å². The predicted molar refractivity (Wildman–Crippen MR) is 66.3 cm³/mol. The fourth-order valence-corrected chi connectivity index (χ4v) is 1.75. The van der Waals surface area contributed by atoms with Crippen molar-refractivity contribution in [3.05, 3.63) is 16.8 Å². The molecule has 1 aromatic rings. The van der Waals surface area contributed by atoms with Crippen LogP contribution in [0.5, 0.6) is 0 Å². The van der Waals surface area contributed by atoms with E-state index in [0.29, 0.717) is 11.4 Å². The fourth-order valence-electron chi connectivity index (χ4n) is 1.75. The largest absolute Gasteiger partial charge is 0.384 e. The first-order valence-electron chi connectivity index (χ1n) is 5.53. The summed E-state index contributed by atoms with van der Waals surface area (Å²) in [6.45, 7) is 7.64. The normalized spacial score (nSPS) is 10.4. The van der Waals surface area contributed by atoms with Crippen molar-refractivity contribution in [2.75, 3.05) is 5.73 Å². The summed E-state index contributed by atoms with van der Waals surface area (Å²) in [4.78, 5) is 11.7. The molecule has 0 aliphatic rings. The Morgan fingerprint density at radius 2 is 2.12 bits per heavy atom. The topological polar surface area (TPSA) is 83.8 Å². The highest BCUT2D eigenvalue weighted by Crippen LogP contribution is 2.22. The van der Waals surface area contributed by atoms with Gasteiger partial charge in [0.1, 0.15) is 18.4 Å². The Morgan fingerprint density at radius 1 is 1.53 bits per heavy atom. The van der Waals surface area contributed by atoms with E-state index in [1.807, 2.05) is 27.7 Å². The zero-order valence-corrected chi connectivity index (χ0v) is 10.7. The Balaban J connectivity index is 3.01. The van der Waals surface area contributed by atoms with Crippen LogP contribution in [0.1, 0.15) is 30.7 Å². The number of carbonyl (C=O) groups is 1. The van der Waals surface area contributed by atoms with E-state index >= 15 is 0 Å². The number of nitrogens with two attached hydrogens (primary N) is 1. The molecule has 5 heteroatoms. The molecule has 0 bridgehead atoms. The van der Waals surface area contributed by atoms with E-state index < -0.39 is 0 Å². The van der Waals surface area contributed by atoms with Gasteiger partial charge in [0.05, 0.1) is 5.56 Å². The van der Waals surface area contributed by atoms with E-state index in [4.69, 9.17) is 11.0 Å². The first-order chi connectivity index (χ1) is 7.88. The summed E-state index contributed by atoms with van der Waals surface area (Å²) in [5.41, 5.74) is 8.01. The number of nitriles is 1. The molecule has 3 N–H and O–H groups in total. The van der Waals surface area contributed by atoms with E-state index in [1.54, 1.807) is 4.57 Å². The number of nitrogen functional groups attached to an aromatic ring is 1. The summed E-state index contributed by atoms with van der Waals surface area (Å²) in [5, 5.41) is 11.8. The molecular weight excluding hydrogens is 216 g/mol. The van der Waals surface area contributed by atoms with Gasteiger partial charge in [0.25, 0.3) is 0 Å². The quantitative estimate of drug-likeness (QED) is 0.820. The number of amides is 1. The van der Waals surface area contributed by atoms with E-state index in [2.05, 4.69) is 11.4 Å². The van der Waals surface area contributed by atoms with Crippen LogP contribution in [0.2, 0.25) is 0 Å². The van der Waals surface area contributed by atoms with Crippen molar-refractivity contribution >= 4 is 11.7 Å². The molecular formula is C12H18N4O. The molecule has 0 atom stereocenters. The Morgan fingerprint density at radius 3 is 2.53 bits per heavy atom. The van der Waals surface area contributed by atoms with E-state index in [0.717, 1.165) is 11.3 Å². The summed E-state index contributed by atoms with van der Waals surface area (Å²) in [6.07, 6.45) is 0. The molecule has 0 radical (unpaired) electrons. The second-order valence-corrected chi connectivity index (χ2v) is 4.39. The van der Waals surface area contributed by atoms with Crippen LogP contribution in [-0.2, 0) is 11.3 Å². The van der Waals surface area contributed by atoms with Crippen molar-refractivity contribution in [1.82, 2.24) is 9.88 Å². The van der Waals surface area contributed by atoms with Gasteiger partial charge in [0.2, 0.25) is 5.91 Å². The molecule has 0 aliphatic heterocycles. The van der Waals surface area contributed by atoms with Gasteiger partial charge in [-0.1, -0.05) is 0 Å². The lowest BCUT2D eigenvalue weighted by atomic mass is 10.2. The molecule has 17 heavy (non-hydrogen) atoms. The number of rotatable bonds is 3. The van der Waals surface area contributed by atoms with E-state index in [-0.39, 0.29) is 18.5 Å². The lowest BCUT2D eigenvalue weighted by molar-refractivity contribution is -0.122. The van der Waals surface area contributed by atoms with Crippen molar-refractivity contribution in [3.8, 4) is 6.07 Å². The highest BCUT2D eigenvalue weighted by atomic mass is 16.2. The molecule has 0 fully saturated rings. The van der Waals surface area contributed by atoms with Crippen LogP contribution in [0.4, 0.5) is 5.82 Å². The SMILES string of the molecule is Cc1c(C#N)c(N)n(CC(=O)NC(C)C)c1C. The molecule has 1 aromatic heterocycles. The highest BCUT2D eigenvalue weighted by molar-refractivity contribution is 5.77. The molecule has 0 spiro atoms. The van der Waals surface area contributed by atoms with Gasteiger partial charge in [0.15, 0.2) is 0 Å². The zero-order valence-electron chi connectivity index (χ0n) is 10.7. The molecule has 5 nitrogen and oxygen atoms in total. The predicted octanol–water partition coefficient (Wildman–Crippen LogP) is 1.08. The number of hydrogen-bond donors (Lipinski definition) is 2. The number of carbonyl (C=O) groups excluding carboxylic acids is 1. The Hall–Kier alpha value is -1.96. The third-order valence-corrected chi connectivity index (χ3v) is 2.73. The fraction of sp³-hybridized carbons (Fsp3) is 0.500. The summed E-state index contributed by atoms with van der Waals surface area (Å²) < 4.78 is 1.67. The summed E-state index contributed by atoms with van der Waals surface area (Å²) in [5.74, 6) is 0.260. The van der Waals surface area contributed by atoms with Crippen LogP contribution in [0.25, 0.3) is 0 Å². The Bertz CT molecular complexity index is 480. The van der Waals surface area contributed by atoms with E-state index in [9.17, 15) is 4.79 Å². The van der Waals surface area contributed by atoms with Crippen molar-refractivity contribution in [3.63, 3.8) is 0 Å². The number of nitrogens with one attached hydrogen (secondary N) is 1. The minimum atomic E-state index is -0.103. The Kier molecular flexibility index (Phi) is 3.79. The number of anilines is 1. The van der Waals surface area contributed by atoms with Gasteiger partial charge >= 0.3 is 0 Å². The van der Waals surface area contributed by atoms with Gasteiger partial charge < -0.3 is 15.6 Å². The van der Waals surface area contributed by atoms with Crippen LogP contribution in [0.3, 0.4) is 0 Å². The van der Waals surface area contributed by atoms with Gasteiger partial charge in [0, 0.05) is 11.7 Å². The number of hydrogen-bond acceptors (Lipinski definition) is 3. The first-order valence-corrected chi connectivity index (χ1v) is 5.53. The average Bonchev–Trinajstić information content (AvgIpc) is 2.41. The number of aromatic nitrogens is 1. The maximum Gasteiger partial charge on any atom is 0.240 e. The smallest absolute Gasteiger partial charge is 0.240 e. The molecule has 0 saturated heterocycles. The minimum absolute atomic E-state index is 0.0936. The van der Waals surface area contributed by atoms with Crippen LogP contribution < -0.4 is 11.1 Å². The third kappa shape index (κ3) is 2.59. The summed E-state index contributed by atoms with van der Waals surface area (Å²) in [7, 11) is 0. The maximum atomic E-state index is 11.7. The van der Waals surface area contributed by atoms with Gasteiger partial charge in [-0.25, -0.2) is 0 Å². The van der Waals surface area contributed by atoms with Gasteiger partial charge in [-0.05, 0) is 33.3 Å². The molecule has 1 rings (SSSR count). The minimum Gasteiger partial charge on any atom is -0.384 e. The molecule has 0 unspecified atom stereocenters. The van der Waals surface area contributed by atoms with Crippen molar-refractivity contribution in [2.45, 2.75) is 40.3 Å². The lowest BCUT2D eigenvalue weighted by Gasteiger charge is -2.11. The second kappa shape index (κ2) is 4.91. The average molecular weight is 234 g/mol. The third-order valence-electron chi connectivity index (χ3n) is 2.73. The first kappa shape index (κ1) is 13.1. The van der Waals surface area contributed by atoms with Crippen molar-refractivity contribution in [1.29, 1.82) is 5.26 Å². The molecule has 92 valence electrons. The van der Waals surface area contributed by atoms with Gasteiger partial charge in [-0.2, -0.15) is 5.26 Å². The van der Waals surface area contributed by atoms with Crippen LogP contribution in [0, 0.1) is 25.2 Å². The molecule has 0 aliphatic carbocycles. The molecule has 0 aromatic carbocycles. The Labute approximate surface area is 101 Å². The maximum absolute atomic E-state index is 11.7. The second-order valence-electron chi connectivity index (χ2n) is 4.39. The molecule has 0 saturated carbocycles. The molecule has 1 heterocycles. The van der Waals surface area contributed by atoms with Crippen LogP contribution >= 0.6 is 0 Å².